The molecule has 104 valence electrons. The van der Waals surface area contributed by atoms with E-state index >= 15 is 0 Å². The van der Waals surface area contributed by atoms with Gasteiger partial charge in [0.1, 0.15) is 0 Å². The first-order valence-corrected chi connectivity index (χ1v) is 7.29. The van der Waals surface area contributed by atoms with Crippen LogP contribution in [0.1, 0.15) is 27.0 Å². The summed E-state index contributed by atoms with van der Waals surface area (Å²) in [6.07, 6.45) is 0.164. The largest absolute Gasteiger partial charge is 0.294 e. The first kappa shape index (κ1) is 15.2. The van der Waals surface area contributed by atoms with Crippen LogP contribution in [-0.2, 0) is 6.42 Å². The van der Waals surface area contributed by atoms with E-state index in [1.165, 1.54) is 6.07 Å². The van der Waals surface area contributed by atoms with Crippen LogP contribution in [0.25, 0.3) is 0 Å². The third-order valence-electron chi connectivity index (χ3n) is 2.98. The van der Waals surface area contributed by atoms with E-state index in [0.29, 0.717) is 4.47 Å². The molecule has 0 aliphatic heterocycles. The Balaban J connectivity index is 2.31. The SMILES string of the molecule is Cc1cc(C)cc(CC(=O)c2ccc(Br)c(Cl)c2F)c1. The van der Waals surface area contributed by atoms with Crippen LogP contribution in [0.2, 0.25) is 5.02 Å². The fourth-order valence-electron chi connectivity index (χ4n) is 2.19. The van der Waals surface area contributed by atoms with Crippen molar-refractivity contribution in [2.45, 2.75) is 20.3 Å². The number of benzene rings is 2. The quantitative estimate of drug-likeness (QED) is 0.540. The molecule has 0 heterocycles. The minimum Gasteiger partial charge on any atom is -0.294 e. The molecule has 0 aromatic heterocycles. The van der Waals surface area contributed by atoms with Gasteiger partial charge in [0.05, 0.1) is 10.6 Å². The van der Waals surface area contributed by atoms with Crippen molar-refractivity contribution in [2.24, 2.45) is 0 Å². The Morgan fingerprint density at radius 2 is 1.80 bits per heavy atom. The van der Waals surface area contributed by atoms with Crippen molar-refractivity contribution < 1.29 is 9.18 Å². The van der Waals surface area contributed by atoms with Crippen LogP contribution in [0, 0.1) is 19.7 Å². The molecule has 0 spiro atoms. The molecule has 20 heavy (non-hydrogen) atoms. The number of halogens is 3. The highest BCUT2D eigenvalue weighted by Crippen LogP contribution is 2.28. The molecular formula is C16H13BrClFO. The van der Waals surface area contributed by atoms with Gasteiger partial charge in [0.15, 0.2) is 11.6 Å². The molecular weight excluding hydrogens is 343 g/mol. The molecule has 2 aromatic carbocycles. The normalized spacial score (nSPS) is 10.7. The average molecular weight is 356 g/mol. The van der Waals surface area contributed by atoms with Gasteiger partial charge in [0, 0.05) is 10.9 Å². The summed E-state index contributed by atoms with van der Waals surface area (Å²) < 4.78 is 14.4. The fourth-order valence-corrected chi connectivity index (χ4v) is 2.66. The van der Waals surface area contributed by atoms with Crippen molar-refractivity contribution >= 4 is 33.3 Å². The summed E-state index contributed by atoms with van der Waals surface area (Å²) in [7, 11) is 0. The summed E-state index contributed by atoms with van der Waals surface area (Å²) in [5.41, 5.74) is 3.08. The molecule has 0 atom stereocenters. The number of aryl methyl sites for hydroxylation is 2. The molecule has 0 aliphatic rings. The maximum absolute atomic E-state index is 14.0. The third-order valence-corrected chi connectivity index (χ3v) is 4.24. The van der Waals surface area contributed by atoms with Gasteiger partial charge in [-0.15, -0.1) is 0 Å². The fraction of sp³-hybridized carbons (Fsp3) is 0.188. The van der Waals surface area contributed by atoms with Crippen LogP contribution in [0.15, 0.2) is 34.8 Å². The maximum atomic E-state index is 14.0. The average Bonchev–Trinajstić information content (AvgIpc) is 2.34. The predicted molar refractivity (Wildman–Crippen MR) is 83.1 cm³/mol. The second-order valence-corrected chi connectivity index (χ2v) is 6.05. The van der Waals surface area contributed by atoms with Crippen LogP contribution >= 0.6 is 27.5 Å². The maximum Gasteiger partial charge on any atom is 0.170 e. The van der Waals surface area contributed by atoms with Crippen LogP contribution in [-0.4, -0.2) is 5.78 Å². The Kier molecular flexibility index (Phi) is 4.61. The van der Waals surface area contributed by atoms with Gasteiger partial charge in [-0.1, -0.05) is 40.9 Å². The van der Waals surface area contributed by atoms with Crippen molar-refractivity contribution in [3.63, 3.8) is 0 Å². The predicted octanol–water partition coefficient (Wildman–Crippen LogP) is 5.28. The van der Waals surface area contributed by atoms with E-state index in [4.69, 9.17) is 11.6 Å². The first-order valence-electron chi connectivity index (χ1n) is 6.12. The Hall–Kier alpha value is -1.19. The minimum absolute atomic E-state index is 0.0253. The number of hydrogen-bond acceptors (Lipinski definition) is 1. The van der Waals surface area contributed by atoms with Gasteiger partial charge in [-0.2, -0.15) is 0 Å². The highest BCUT2D eigenvalue weighted by molar-refractivity contribution is 9.10. The molecule has 0 bridgehead atoms. The van der Waals surface area contributed by atoms with E-state index in [1.807, 2.05) is 32.0 Å². The highest BCUT2D eigenvalue weighted by Gasteiger charge is 2.17. The summed E-state index contributed by atoms with van der Waals surface area (Å²) >= 11 is 8.94. The van der Waals surface area contributed by atoms with Crippen LogP contribution in [0.4, 0.5) is 4.39 Å². The summed E-state index contributed by atoms with van der Waals surface area (Å²) in [5.74, 6) is -0.947. The van der Waals surface area contributed by atoms with Gasteiger partial charge in [0.2, 0.25) is 0 Å². The zero-order chi connectivity index (χ0) is 14.9. The van der Waals surface area contributed by atoms with Gasteiger partial charge in [0.25, 0.3) is 0 Å². The Morgan fingerprint density at radius 3 is 2.40 bits per heavy atom. The molecule has 2 aromatic rings. The van der Waals surface area contributed by atoms with Gasteiger partial charge in [-0.05, 0) is 47.5 Å². The lowest BCUT2D eigenvalue weighted by Gasteiger charge is -2.07. The first-order chi connectivity index (χ1) is 9.38. The van der Waals surface area contributed by atoms with Crippen molar-refractivity contribution in [1.29, 1.82) is 0 Å². The topological polar surface area (TPSA) is 17.1 Å². The van der Waals surface area contributed by atoms with E-state index in [0.717, 1.165) is 16.7 Å². The molecule has 2 rings (SSSR count). The zero-order valence-corrected chi connectivity index (χ0v) is 13.5. The molecule has 0 saturated heterocycles. The Morgan fingerprint density at radius 1 is 1.20 bits per heavy atom. The highest BCUT2D eigenvalue weighted by atomic mass is 79.9. The van der Waals surface area contributed by atoms with Gasteiger partial charge < -0.3 is 0 Å². The summed E-state index contributed by atoms with van der Waals surface area (Å²) in [6, 6.07) is 8.94. The molecule has 0 saturated carbocycles. The lowest BCUT2D eigenvalue weighted by Crippen LogP contribution is -2.07. The molecule has 4 heteroatoms. The Labute approximate surface area is 130 Å². The molecule has 0 aliphatic carbocycles. The second-order valence-electron chi connectivity index (χ2n) is 4.82. The lowest BCUT2D eigenvalue weighted by atomic mass is 9.99. The van der Waals surface area contributed by atoms with Gasteiger partial charge in [-0.3, -0.25) is 4.79 Å². The van der Waals surface area contributed by atoms with Crippen molar-refractivity contribution in [3.8, 4) is 0 Å². The van der Waals surface area contributed by atoms with Crippen LogP contribution in [0.3, 0.4) is 0 Å². The van der Waals surface area contributed by atoms with Crippen molar-refractivity contribution in [1.82, 2.24) is 0 Å². The molecule has 0 radical (unpaired) electrons. The molecule has 0 amide bonds. The molecule has 1 nitrogen and oxygen atoms in total. The number of ketones is 1. The monoisotopic (exact) mass is 354 g/mol. The van der Waals surface area contributed by atoms with Crippen LogP contribution < -0.4 is 0 Å². The Bertz CT molecular complexity index is 662. The number of carbonyl (C=O) groups is 1. The number of Topliss-reactive ketones (excluding diaryl/α,β-unsaturated/α-hetero) is 1. The lowest BCUT2D eigenvalue weighted by molar-refractivity contribution is 0.0989. The standard InChI is InChI=1S/C16H13BrClFO/c1-9-5-10(2)7-11(6-9)8-14(20)12-3-4-13(17)15(18)16(12)19/h3-7H,8H2,1-2H3. The summed E-state index contributed by atoms with van der Waals surface area (Å²) in [6.45, 7) is 3.94. The van der Waals surface area contributed by atoms with E-state index in [-0.39, 0.29) is 22.8 Å². The molecule has 0 N–H and O–H groups in total. The van der Waals surface area contributed by atoms with E-state index in [2.05, 4.69) is 15.9 Å². The number of hydrogen-bond donors (Lipinski definition) is 0. The third kappa shape index (κ3) is 3.28. The minimum atomic E-state index is -0.671. The number of rotatable bonds is 3. The second kappa shape index (κ2) is 6.06. The molecule has 0 fully saturated rings. The summed E-state index contributed by atoms with van der Waals surface area (Å²) in [5, 5.41) is -0.0590. The smallest absolute Gasteiger partial charge is 0.170 e. The molecule has 0 unspecified atom stereocenters. The van der Waals surface area contributed by atoms with Crippen LogP contribution in [0.5, 0.6) is 0 Å². The van der Waals surface area contributed by atoms with E-state index in [1.54, 1.807) is 6.07 Å². The van der Waals surface area contributed by atoms with Crippen molar-refractivity contribution in [3.05, 3.63) is 67.9 Å². The summed E-state index contributed by atoms with van der Waals surface area (Å²) in [4.78, 5) is 12.2. The number of carbonyl (C=O) groups excluding carboxylic acids is 1. The van der Waals surface area contributed by atoms with Crippen molar-refractivity contribution in [2.75, 3.05) is 0 Å². The van der Waals surface area contributed by atoms with E-state index in [9.17, 15) is 9.18 Å². The van der Waals surface area contributed by atoms with Gasteiger partial charge >= 0.3 is 0 Å². The zero-order valence-electron chi connectivity index (χ0n) is 11.1. The van der Waals surface area contributed by atoms with Gasteiger partial charge in [-0.25, -0.2) is 4.39 Å². The van der Waals surface area contributed by atoms with E-state index < -0.39 is 5.82 Å².